The Labute approximate surface area is 153 Å². The molecule has 26 heavy (non-hydrogen) atoms. The van der Waals surface area contributed by atoms with Crippen molar-refractivity contribution in [3.63, 3.8) is 0 Å². The molecule has 0 amide bonds. The summed E-state index contributed by atoms with van der Waals surface area (Å²) in [6.45, 7) is 0.884. The Hall–Kier alpha value is -1.98. The minimum absolute atomic E-state index is 0.0664. The van der Waals surface area contributed by atoms with Crippen LogP contribution >= 0.6 is 0 Å². The minimum atomic E-state index is -3.51. The number of rotatable bonds is 3. The Morgan fingerprint density at radius 3 is 2.46 bits per heavy atom. The Balaban J connectivity index is 1.51. The van der Waals surface area contributed by atoms with Gasteiger partial charge in [0, 0.05) is 19.0 Å². The van der Waals surface area contributed by atoms with E-state index in [0.717, 1.165) is 10.8 Å². The number of nitrogens with zero attached hydrogens (tertiary/aromatic N) is 1. The first-order valence-electron chi connectivity index (χ1n) is 9.07. The van der Waals surface area contributed by atoms with Gasteiger partial charge in [0.1, 0.15) is 5.83 Å². The van der Waals surface area contributed by atoms with Crippen molar-refractivity contribution in [1.82, 2.24) is 4.31 Å². The highest BCUT2D eigenvalue weighted by atomic mass is 32.2. The van der Waals surface area contributed by atoms with Crippen LogP contribution in [-0.2, 0) is 10.0 Å². The normalized spacial score (nSPS) is 22.5. The summed E-state index contributed by atoms with van der Waals surface area (Å²) in [5.74, 6) is -0.0801. The van der Waals surface area contributed by atoms with Crippen LogP contribution in [0.2, 0.25) is 0 Å². The lowest BCUT2D eigenvalue weighted by atomic mass is 9.82. The summed E-state index contributed by atoms with van der Waals surface area (Å²) in [6, 6.07) is 13.0. The molecule has 2 aliphatic rings. The molecule has 1 aliphatic carbocycles. The predicted molar refractivity (Wildman–Crippen MR) is 102 cm³/mol. The van der Waals surface area contributed by atoms with Crippen LogP contribution in [0.5, 0.6) is 0 Å². The third kappa shape index (κ3) is 3.21. The molecule has 136 valence electrons. The molecule has 1 aliphatic heterocycles. The maximum absolute atomic E-state index is 14.1. The van der Waals surface area contributed by atoms with Gasteiger partial charge in [0.05, 0.1) is 4.90 Å². The molecular weight excluding hydrogens is 349 g/mol. The summed E-state index contributed by atoms with van der Waals surface area (Å²) < 4.78 is 41.6. The van der Waals surface area contributed by atoms with Crippen LogP contribution in [0.1, 0.15) is 19.3 Å². The maximum Gasteiger partial charge on any atom is 0.243 e. The van der Waals surface area contributed by atoms with Gasteiger partial charge < -0.3 is 0 Å². The minimum Gasteiger partial charge on any atom is -0.212 e. The second-order valence-corrected chi connectivity index (χ2v) is 8.97. The zero-order valence-corrected chi connectivity index (χ0v) is 15.3. The monoisotopic (exact) mass is 371 g/mol. The lowest BCUT2D eigenvalue weighted by Gasteiger charge is -2.34. The van der Waals surface area contributed by atoms with E-state index in [1.54, 1.807) is 22.5 Å². The number of hydrogen-bond acceptors (Lipinski definition) is 2. The summed E-state index contributed by atoms with van der Waals surface area (Å²) in [6.07, 6.45) is 7.58. The van der Waals surface area contributed by atoms with Gasteiger partial charge in [-0.05, 0) is 54.2 Å². The first-order valence-corrected chi connectivity index (χ1v) is 10.5. The molecule has 4 rings (SSSR count). The van der Waals surface area contributed by atoms with Crippen LogP contribution in [0.4, 0.5) is 4.39 Å². The summed E-state index contributed by atoms with van der Waals surface area (Å²) in [5, 5.41) is 1.94. The van der Waals surface area contributed by atoms with Crippen LogP contribution in [0.15, 0.2) is 71.4 Å². The van der Waals surface area contributed by atoms with Crippen LogP contribution in [0, 0.1) is 11.8 Å². The average molecular weight is 371 g/mol. The van der Waals surface area contributed by atoms with E-state index in [4.69, 9.17) is 0 Å². The van der Waals surface area contributed by atoms with Crippen LogP contribution in [0.25, 0.3) is 10.8 Å². The number of piperidine rings is 1. The van der Waals surface area contributed by atoms with Crippen molar-refractivity contribution in [2.45, 2.75) is 24.2 Å². The molecule has 0 saturated carbocycles. The lowest BCUT2D eigenvalue weighted by molar-refractivity contribution is 0.231. The van der Waals surface area contributed by atoms with Crippen molar-refractivity contribution in [1.29, 1.82) is 0 Å². The maximum atomic E-state index is 14.1. The molecule has 0 bridgehead atoms. The molecule has 1 saturated heterocycles. The van der Waals surface area contributed by atoms with Crippen molar-refractivity contribution in [3.8, 4) is 0 Å². The quantitative estimate of drug-likeness (QED) is 0.735. The van der Waals surface area contributed by atoms with Gasteiger partial charge >= 0.3 is 0 Å². The second kappa shape index (κ2) is 6.97. The van der Waals surface area contributed by atoms with E-state index < -0.39 is 10.0 Å². The fraction of sp³-hybridized carbons (Fsp3) is 0.333. The summed E-state index contributed by atoms with van der Waals surface area (Å²) >= 11 is 0. The number of allylic oxidation sites excluding steroid dienone is 4. The van der Waals surface area contributed by atoms with Gasteiger partial charge in [-0.15, -0.1) is 0 Å². The predicted octanol–water partition coefficient (Wildman–Crippen LogP) is 4.67. The van der Waals surface area contributed by atoms with Crippen LogP contribution in [-0.4, -0.2) is 25.8 Å². The number of fused-ring (bicyclic) bond motifs is 1. The Morgan fingerprint density at radius 1 is 1.00 bits per heavy atom. The highest BCUT2D eigenvalue weighted by Crippen LogP contribution is 2.35. The zero-order chi connectivity index (χ0) is 18.1. The van der Waals surface area contributed by atoms with Gasteiger partial charge in [-0.25, -0.2) is 12.8 Å². The molecule has 3 nitrogen and oxygen atoms in total. The van der Waals surface area contributed by atoms with Gasteiger partial charge in [0.25, 0.3) is 0 Å². The van der Waals surface area contributed by atoms with Gasteiger partial charge in [0.2, 0.25) is 10.0 Å². The van der Waals surface area contributed by atoms with E-state index in [0.29, 0.717) is 37.2 Å². The molecule has 1 unspecified atom stereocenters. The molecule has 0 aromatic heterocycles. The molecule has 1 atom stereocenters. The standard InChI is InChI=1S/C21H22FNO2S/c22-21-8-4-3-7-20(21)17-11-13-23(14-12-17)26(24,25)19-10-9-16-5-1-2-6-18(16)15-19/h1-3,5-10,15,17,20H,4,11-14H2. The topological polar surface area (TPSA) is 37.4 Å². The fourth-order valence-corrected chi connectivity index (χ4v) is 5.47. The first kappa shape index (κ1) is 17.4. The summed E-state index contributed by atoms with van der Waals surface area (Å²) in [7, 11) is -3.51. The lowest BCUT2D eigenvalue weighted by Crippen LogP contribution is -2.40. The third-order valence-corrected chi connectivity index (χ3v) is 7.37. The van der Waals surface area contributed by atoms with Crippen LogP contribution in [0.3, 0.4) is 0 Å². The van der Waals surface area contributed by atoms with E-state index >= 15 is 0 Å². The van der Waals surface area contributed by atoms with E-state index in [1.807, 2.05) is 42.5 Å². The Kier molecular flexibility index (Phi) is 4.67. The molecule has 0 N–H and O–H groups in total. The summed E-state index contributed by atoms with van der Waals surface area (Å²) in [5.41, 5.74) is 0. The van der Waals surface area contributed by atoms with Crippen LogP contribution < -0.4 is 0 Å². The van der Waals surface area contributed by atoms with Crippen molar-refractivity contribution >= 4 is 20.8 Å². The molecular formula is C21H22FNO2S. The fourth-order valence-electron chi connectivity index (χ4n) is 3.97. The van der Waals surface area contributed by atoms with Gasteiger partial charge in [-0.1, -0.05) is 42.5 Å². The van der Waals surface area contributed by atoms with Gasteiger partial charge in [-0.2, -0.15) is 4.31 Å². The molecule has 2 aromatic carbocycles. The van der Waals surface area contributed by atoms with Gasteiger partial charge in [0.15, 0.2) is 0 Å². The average Bonchev–Trinajstić information content (AvgIpc) is 2.68. The van der Waals surface area contributed by atoms with E-state index in [9.17, 15) is 12.8 Å². The number of sulfonamides is 1. The van der Waals surface area contributed by atoms with Crippen molar-refractivity contribution in [2.24, 2.45) is 11.8 Å². The van der Waals surface area contributed by atoms with Crippen molar-refractivity contribution in [2.75, 3.05) is 13.1 Å². The smallest absolute Gasteiger partial charge is 0.212 e. The molecule has 2 aromatic rings. The number of halogens is 1. The molecule has 5 heteroatoms. The number of hydrogen-bond donors (Lipinski definition) is 0. The van der Waals surface area contributed by atoms with E-state index in [1.165, 1.54) is 0 Å². The largest absolute Gasteiger partial charge is 0.243 e. The Morgan fingerprint density at radius 2 is 1.73 bits per heavy atom. The summed E-state index contributed by atoms with van der Waals surface area (Å²) in [4.78, 5) is 0.332. The van der Waals surface area contributed by atoms with Crippen molar-refractivity contribution < 1.29 is 12.8 Å². The highest BCUT2D eigenvalue weighted by molar-refractivity contribution is 7.89. The number of benzene rings is 2. The highest BCUT2D eigenvalue weighted by Gasteiger charge is 2.33. The molecule has 0 radical (unpaired) electrons. The molecule has 1 fully saturated rings. The van der Waals surface area contributed by atoms with Crippen molar-refractivity contribution in [3.05, 3.63) is 66.5 Å². The Bertz CT molecular complexity index is 972. The molecule has 0 spiro atoms. The second-order valence-electron chi connectivity index (χ2n) is 7.03. The first-order chi connectivity index (χ1) is 12.6. The molecule has 1 heterocycles. The van der Waals surface area contributed by atoms with Gasteiger partial charge in [-0.3, -0.25) is 0 Å². The third-order valence-electron chi connectivity index (χ3n) is 5.48. The SMILES string of the molecule is O=S(=O)(c1ccc2ccccc2c1)N1CCC(C2C=CCC=C2F)CC1. The zero-order valence-electron chi connectivity index (χ0n) is 14.5. The van der Waals surface area contributed by atoms with E-state index in [-0.39, 0.29) is 17.7 Å². The van der Waals surface area contributed by atoms with E-state index in [2.05, 4.69) is 0 Å².